The molecule has 2 aliphatic rings. The van der Waals surface area contributed by atoms with Gasteiger partial charge >= 0.3 is 41.8 Å². The Kier molecular flexibility index (Phi) is 43.9. The zero-order valence-electron chi connectivity index (χ0n) is 59.3. The fourth-order valence-electron chi connectivity index (χ4n) is 9.93. The molecule has 0 heterocycles. The molecule has 0 fully saturated rings. The summed E-state index contributed by atoms with van der Waals surface area (Å²) in [5.41, 5.74) is 6.80. The number of allylic oxidation sites excluding steroid dienone is 4. The highest BCUT2D eigenvalue weighted by Crippen LogP contribution is 2.35. The lowest BCUT2D eigenvalue weighted by atomic mass is 9.83. The molecule has 4 aromatic carbocycles. The van der Waals surface area contributed by atoms with Gasteiger partial charge in [-0.05, 0) is 96.9 Å². The highest BCUT2D eigenvalue weighted by Gasteiger charge is 2.38. The second-order valence-corrected chi connectivity index (χ2v) is 21.4. The van der Waals surface area contributed by atoms with Gasteiger partial charge in [-0.2, -0.15) is 0 Å². The number of carbonyl (C=O) groups excluding carboxylic acids is 5. The van der Waals surface area contributed by atoms with Crippen molar-refractivity contribution >= 4 is 41.8 Å². The van der Waals surface area contributed by atoms with Gasteiger partial charge < -0.3 is 68.2 Å². The maximum atomic E-state index is 13.1. The molecule has 0 aromatic heterocycles. The number of carbonyl (C=O) groups is 7. The summed E-state index contributed by atoms with van der Waals surface area (Å²) in [7, 11) is 0. The van der Waals surface area contributed by atoms with E-state index in [1.54, 1.807) is 24.3 Å². The predicted molar refractivity (Wildman–Crippen MR) is 375 cm³/mol. The number of aliphatic hydroxyl groups is 3. The van der Waals surface area contributed by atoms with E-state index in [-0.39, 0.29) is 78.5 Å². The fraction of sp³-hybridized carbons (Fsp3) is 0.468. The van der Waals surface area contributed by atoms with Crippen LogP contribution in [0.3, 0.4) is 0 Å². The average molecular weight is 1370 g/mol. The number of benzene rings is 4. The average Bonchev–Trinajstić information content (AvgIpc) is 0.849. The molecule has 5 N–H and O–H groups in total. The van der Waals surface area contributed by atoms with Crippen molar-refractivity contribution in [1.29, 1.82) is 0 Å². The molecule has 8 atom stereocenters. The molecule has 0 spiro atoms. The SMILES string of the molecule is C=CC(=O)OCC(O)COc1c(C)cccc1Cc1cccc(CC)c1OCC(O)COC(=O)C1CC=CCC1C(=O)O.C=CC(=O)OCC(O)COc1c(CC)cccc1Cc1cccc(C)c1OCC(COC(=O)C=C)OC(=O)C1CC=CCC1C(=O)O.CC.CC.CC.CC. The van der Waals surface area contributed by atoms with Crippen molar-refractivity contribution in [3.8, 4) is 23.0 Å². The molecule has 0 bridgehead atoms. The Balaban J connectivity index is 0.000000892. The highest BCUT2D eigenvalue weighted by molar-refractivity contribution is 5.83. The standard InChI is InChI=1S/C36H42O11.C33H40O10.4C2H6/c1-5-24-13-11-15-26(34(24)45-20-27(37)19-43-31(38)6-2)18-25-14-10-12-23(4)33(25)46-22-28(21-44-32(39)7-3)47-36(42)30-17-9-8-16-29(30)35(40)41;1-4-22-11-9-13-24(16-23-12-8-10-21(3)30(23)41-18-25(34)17-40-29(36)5-2)31(22)42-19-26(35)20-43-33(39)28-15-7-6-14-27(28)32(37)38;4*1-2/h6-15,27-30,37H,2-3,5,16-22H2,1,4H3,(H,40,41);5-13,25-28,34-35H,2,4,14-20H2,1,3H3,(H,37,38);4*1-2H3. The van der Waals surface area contributed by atoms with Gasteiger partial charge in [-0.25, -0.2) is 14.4 Å². The molecule has 21 nitrogen and oxygen atoms in total. The van der Waals surface area contributed by atoms with E-state index < -0.39 is 89.9 Å². The molecule has 0 radical (unpaired) electrons. The molecule has 4 aromatic rings. The molecule has 0 amide bonds. The Hall–Kier alpha value is -9.05. The van der Waals surface area contributed by atoms with E-state index >= 15 is 0 Å². The smallest absolute Gasteiger partial charge is 0.330 e. The van der Waals surface area contributed by atoms with Crippen LogP contribution in [-0.2, 0) is 82.9 Å². The monoisotopic (exact) mass is 1370 g/mol. The third-order valence-electron chi connectivity index (χ3n) is 14.7. The van der Waals surface area contributed by atoms with Crippen molar-refractivity contribution in [2.45, 2.75) is 159 Å². The second-order valence-electron chi connectivity index (χ2n) is 21.4. The van der Waals surface area contributed by atoms with Crippen LogP contribution in [0.25, 0.3) is 0 Å². The molecule has 2 aliphatic carbocycles. The molecule has 21 heteroatoms. The summed E-state index contributed by atoms with van der Waals surface area (Å²) >= 11 is 0. The number of para-hydroxylation sites is 4. The Morgan fingerprint density at radius 1 is 0.408 bits per heavy atom. The molecule has 98 heavy (non-hydrogen) atoms. The largest absolute Gasteiger partial charge is 0.490 e. The Bertz CT molecular complexity index is 3180. The van der Waals surface area contributed by atoms with Crippen LogP contribution < -0.4 is 18.9 Å². The van der Waals surface area contributed by atoms with E-state index in [1.807, 2.05) is 156 Å². The maximum absolute atomic E-state index is 13.1. The van der Waals surface area contributed by atoms with Gasteiger partial charge in [0.2, 0.25) is 0 Å². The minimum absolute atomic E-state index is 0.0874. The summed E-state index contributed by atoms with van der Waals surface area (Å²) in [5.74, 6) is -6.63. The molecular weight excluding hydrogens is 1260 g/mol. The summed E-state index contributed by atoms with van der Waals surface area (Å²) in [5, 5.41) is 50.1. The Morgan fingerprint density at radius 3 is 1.06 bits per heavy atom. The molecule has 6 rings (SSSR count). The van der Waals surface area contributed by atoms with Crippen molar-refractivity contribution < 1.29 is 102 Å². The van der Waals surface area contributed by atoms with Crippen LogP contribution in [-0.4, -0.2) is 145 Å². The maximum Gasteiger partial charge on any atom is 0.330 e. The summed E-state index contributed by atoms with van der Waals surface area (Å²) in [4.78, 5) is 83.4. The van der Waals surface area contributed by atoms with Gasteiger partial charge in [-0.1, -0.05) is 186 Å². The van der Waals surface area contributed by atoms with Gasteiger partial charge in [0.1, 0.15) is 94.2 Å². The van der Waals surface area contributed by atoms with Gasteiger partial charge in [-0.15, -0.1) is 0 Å². The van der Waals surface area contributed by atoms with Gasteiger partial charge in [0.25, 0.3) is 0 Å². The predicted octanol–water partition coefficient (Wildman–Crippen LogP) is 12.0. The van der Waals surface area contributed by atoms with E-state index in [1.165, 1.54) is 0 Å². The number of carboxylic acid groups (broad SMARTS) is 2. The zero-order chi connectivity index (χ0) is 73.7. The first kappa shape index (κ1) is 87.0. The number of aryl methyl sites for hydroxylation is 4. The summed E-state index contributed by atoms with van der Waals surface area (Å²) in [6.45, 7) is 32.2. The van der Waals surface area contributed by atoms with Crippen molar-refractivity contribution in [3.63, 3.8) is 0 Å². The lowest BCUT2D eigenvalue weighted by Crippen LogP contribution is -2.37. The van der Waals surface area contributed by atoms with E-state index in [0.29, 0.717) is 48.7 Å². The quantitative estimate of drug-likeness (QED) is 0.0126. The third kappa shape index (κ3) is 29.7. The summed E-state index contributed by atoms with van der Waals surface area (Å²) in [6.07, 6.45) is 8.89. The van der Waals surface area contributed by atoms with Gasteiger partial charge in [-0.3, -0.25) is 19.2 Å². The van der Waals surface area contributed by atoms with Crippen molar-refractivity contribution in [2.75, 3.05) is 52.9 Å². The normalized spacial score (nSPS) is 15.9. The van der Waals surface area contributed by atoms with Crippen LogP contribution in [0.1, 0.15) is 139 Å². The van der Waals surface area contributed by atoms with Crippen LogP contribution >= 0.6 is 0 Å². The number of aliphatic hydroxyl groups excluding tert-OH is 3. The van der Waals surface area contributed by atoms with Crippen LogP contribution in [0.5, 0.6) is 23.0 Å². The van der Waals surface area contributed by atoms with Crippen LogP contribution in [0, 0.1) is 37.5 Å². The van der Waals surface area contributed by atoms with Gasteiger partial charge in [0, 0.05) is 31.1 Å². The lowest BCUT2D eigenvalue weighted by molar-refractivity contribution is -0.167. The lowest BCUT2D eigenvalue weighted by Gasteiger charge is -2.26. The fourth-order valence-corrected chi connectivity index (χ4v) is 9.93. The summed E-state index contributed by atoms with van der Waals surface area (Å²) in [6, 6.07) is 22.9. The van der Waals surface area contributed by atoms with E-state index in [2.05, 4.69) is 19.7 Å². The van der Waals surface area contributed by atoms with Gasteiger partial charge in [0.05, 0.1) is 23.7 Å². The minimum atomic E-state index is -1.13. The first-order chi connectivity index (χ1) is 47.2. The van der Waals surface area contributed by atoms with E-state index in [4.69, 9.17) is 42.6 Å². The molecule has 0 saturated carbocycles. The van der Waals surface area contributed by atoms with Crippen molar-refractivity contribution in [3.05, 3.63) is 180 Å². The number of aliphatic carboxylic acids is 2. The van der Waals surface area contributed by atoms with Crippen LogP contribution in [0.4, 0.5) is 0 Å². The van der Waals surface area contributed by atoms with Crippen molar-refractivity contribution in [2.24, 2.45) is 23.7 Å². The summed E-state index contributed by atoms with van der Waals surface area (Å²) < 4.78 is 50.2. The third-order valence-corrected chi connectivity index (χ3v) is 14.7. The topological polar surface area (TPSA) is 304 Å². The molecule has 540 valence electrons. The number of hydrogen-bond acceptors (Lipinski definition) is 19. The van der Waals surface area contributed by atoms with Crippen LogP contribution in [0.15, 0.2) is 135 Å². The molecular formula is C77H106O21. The van der Waals surface area contributed by atoms with Gasteiger partial charge in [0.15, 0.2) is 6.10 Å². The first-order valence-electron chi connectivity index (χ1n) is 33.7. The number of carboxylic acids is 2. The minimum Gasteiger partial charge on any atom is -0.490 e. The number of esters is 5. The number of ether oxygens (including phenoxy) is 9. The number of hydrogen-bond donors (Lipinski definition) is 5. The molecule has 8 unspecified atom stereocenters. The molecule has 0 aliphatic heterocycles. The number of rotatable bonds is 34. The zero-order valence-corrected chi connectivity index (χ0v) is 59.3. The molecule has 0 saturated heterocycles. The first-order valence-corrected chi connectivity index (χ1v) is 33.7. The van der Waals surface area contributed by atoms with E-state index in [0.717, 1.165) is 62.7 Å². The van der Waals surface area contributed by atoms with E-state index in [9.17, 15) is 59.1 Å². The Morgan fingerprint density at radius 2 is 0.704 bits per heavy atom. The Labute approximate surface area is 579 Å². The highest BCUT2D eigenvalue weighted by atomic mass is 16.6. The van der Waals surface area contributed by atoms with Crippen LogP contribution in [0.2, 0.25) is 0 Å². The second kappa shape index (κ2) is 49.5. The van der Waals surface area contributed by atoms with Crippen molar-refractivity contribution in [1.82, 2.24) is 0 Å².